The molecule has 0 spiro atoms. The monoisotopic (exact) mass is 287 g/mol. The minimum absolute atomic E-state index is 0.821. The molecule has 3 nitrogen and oxygen atoms in total. The number of hydrogen-bond acceptors (Lipinski definition) is 2. The molecule has 0 saturated heterocycles. The Bertz CT molecular complexity index is 688. The van der Waals surface area contributed by atoms with Gasteiger partial charge in [0.1, 0.15) is 4.60 Å². The highest BCUT2D eigenvalue weighted by atomic mass is 79.9. The number of fused-ring (bicyclic) bond motifs is 1. The number of aromatic nitrogens is 3. The summed E-state index contributed by atoms with van der Waals surface area (Å²) in [6.07, 6.45) is 1.78. The molecule has 0 saturated carbocycles. The van der Waals surface area contributed by atoms with Gasteiger partial charge in [-0.05, 0) is 52.7 Å². The first-order valence-corrected chi connectivity index (χ1v) is 6.11. The van der Waals surface area contributed by atoms with Gasteiger partial charge in [0, 0.05) is 6.20 Å². The molecule has 0 amide bonds. The average Bonchev–Trinajstić information content (AvgIpc) is 2.68. The van der Waals surface area contributed by atoms with Gasteiger partial charge < -0.3 is 0 Å². The summed E-state index contributed by atoms with van der Waals surface area (Å²) in [5, 5.41) is 5.49. The molecule has 0 unspecified atom stereocenters. The zero-order valence-electron chi connectivity index (χ0n) is 9.26. The predicted octanol–water partition coefficient (Wildman–Crippen LogP) is 3.49. The Morgan fingerprint density at radius 3 is 2.88 bits per heavy atom. The topological polar surface area (TPSA) is 30.7 Å². The Balaban J connectivity index is 2.31. The fraction of sp³-hybridized carbons (Fsp3) is 0.0769. The second-order valence-electron chi connectivity index (χ2n) is 3.92. The van der Waals surface area contributed by atoms with E-state index in [4.69, 9.17) is 0 Å². The Kier molecular flexibility index (Phi) is 2.44. The van der Waals surface area contributed by atoms with Gasteiger partial charge in [-0.1, -0.05) is 12.1 Å². The van der Waals surface area contributed by atoms with Crippen molar-refractivity contribution >= 4 is 27.0 Å². The van der Waals surface area contributed by atoms with Gasteiger partial charge in [-0.15, -0.1) is 0 Å². The van der Waals surface area contributed by atoms with E-state index in [1.165, 1.54) is 5.56 Å². The highest BCUT2D eigenvalue weighted by molar-refractivity contribution is 9.10. The lowest BCUT2D eigenvalue weighted by Gasteiger charge is -2.03. The van der Waals surface area contributed by atoms with E-state index in [1.807, 2.05) is 28.9 Å². The second-order valence-corrected chi connectivity index (χ2v) is 4.67. The molecule has 0 atom stereocenters. The van der Waals surface area contributed by atoms with Crippen molar-refractivity contribution in [2.75, 3.05) is 0 Å². The Morgan fingerprint density at radius 2 is 2.06 bits per heavy atom. The summed E-state index contributed by atoms with van der Waals surface area (Å²) in [6, 6.07) is 12.1. The maximum Gasteiger partial charge on any atom is 0.164 e. The first-order valence-electron chi connectivity index (χ1n) is 5.32. The summed E-state index contributed by atoms with van der Waals surface area (Å²) in [6.45, 7) is 2.07. The van der Waals surface area contributed by atoms with Crippen LogP contribution in [0.1, 0.15) is 5.56 Å². The summed E-state index contributed by atoms with van der Waals surface area (Å²) >= 11 is 3.46. The van der Waals surface area contributed by atoms with E-state index in [0.29, 0.717) is 0 Å². The van der Waals surface area contributed by atoms with Gasteiger partial charge in [-0.3, -0.25) is 0 Å². The lowest BCUT2D eigenvalue weighted by atomic mass is 10.2. The lowest BCUT2D eigenvalue weighted by Crippen LogP contribution is -1.97. The van der Waals surface area contributed by atoms with E-state index in [9.17, 15) is 0 Å². The van der Waals surface area contributed by atoms with Crippen molar-refractivity contribution in [1.82, 2.24) is 14.8 Å². The molecular weight excluding hydrogens is 278 g/mol. The molecule has 2 heterocycles. The predicted molar refractivity (Wildman–Crippen MR) is 71.3 cm³/mol. The second kappa shape index (κ2) is 3.96. The number of aryl methyl sites for hydroxylation is 1. The van der Waals surface area contributed by atoms with Gasteiger partial charge in [-0.2, -0.15) is 5.10 Å². The zero-order valence-corrected chi connectivity index (χ0v) is 10.8. The zero-order chi connectivity index (χ0) is 11.8. The van der Waals surface area contributed by atoms with Crippen molar-refractivity contribution in [2.45, 2.75) is 6.92 Å². The number of nitrogens with zero attached hydrogens (tertiary/aromatic N) is 3. The van der Waals surface area contributed by atoms with Crippen LogP contribution in [0.15, 0.2) is 47.2 Å². The van der Waals surface area contributed by atoms with Crippen LogP contribution in [-0.2, 0) is 0 Å². The number of benzene rings is 1. The van der Waals surface area contributed by atoms with Crippen LogP contribution < -0.4 is 0 Å². The summed E-state index contributed by atoms with van der Waals surface area (Å²) < 4.78 is 2.67. The third-order valence-electron chi connectivity index (χ3n) is 2.64. The van der Waals surface area contributed by atoms with Crippen molar-refractivity contribution in [3.8, 4) is 5.69 Å². The van der Waals surface area contributed by atoms with Gasteiger partial charge >= 0.3 is 0 Å². The molecule has 3 aromatic rings. The van der Waals surface area contributed by atoms with Gasteiger partial charge in [0.25, 0.3) is 0 Å². The van der Waals surface area contributed by atoms with Crippen LogP contribution in [0.25, 0.3) is 16.7 Å². The van der Waals surface area contributed by atoms with E-state index in [-0.39, 0.29) is 0 Å². The minimum Gasteiger partial charge on any atom is -0.236 e. The average molecular weight is 288 g/mol. The number of pyridine rings is 1. The van der Waals surface area contributed by atoms with Crippen LogP contribution in [0.3, 0.4) is 0 Å². The van der Waals surface area contributed by atoms with E-state index in [0.717, 1.165) is 21.3 Å². The minimum atomic E-state index is 0.821. The maximum absolute atomic E-state index is 4.47. The van der Waals surface area contributed by atoms with Crippen LogP contribution in [0.2, 0.25) is 0 Å². The first-order chi connectivity index (χ1) is 8.25. The highest BCUT2D eigenvalue weighted by Crippen LogP contribution is 2.24. The van der Waals surface area contributed by atoms with Crippen molar-refractivity contribution in [1.29, 1.82) is 0 Å². The van der Waals surface area contributed by atoms with Crippen molar-refractivity contribution in [3.05, 3.63) is 52.8 Å². The SMILES string of the molecule is Cc1cccc(-n2nc(Br)c3cccnc32)c1. The summed E-state index contributed by atoms with van der Waals surface area (Å²) in [4.78, 5) is 4.38. The smallest absolute Gasteiger partial charge is 0.164 e. The van der Waals surface area contributed by atoms with Gasteiger partial charge in [0.05, 0.1) is 11.1 Å². The van der Waals surface area contributed by atoms with Gasteiger partial charge in [0.15, 0.2) is 5.65 Å². The van der Waals surface area contributed by atoms with E-state index in [1.54, 1.807) is 6.20 Å². The molecule has 0 aliphatic rings. The normalized spacial score (nSPS) is 10.9. The third-order valence-corrected chi connectivity index (χ3v) is 3.23. The molecule has 3 rings (SSSR count). The molecule has 17 heavy (non-hydrogen) atoms. The molecule has 4 heteroatoms. The van der Waals surface area contributed by atoms with Crippen molar-refractivity contribution < 1.29 is 0 Å². The van der Waals surface area contributed by atoms with Crippen LogP contribution in [0, 0.1) is 6.92 Å². The quantitative estimate of drug-likeness (QED) is 0.686. The molecule has 0 N–H and O–H groups in total. The largest absolute Gasteiger partial charge is 0.236 e. The fourth-order valence-corrected chi connectivity index (χ4v) is 2.32. The molecular formula is C13H10BrN3. The molecule has 2 aromatic heterocycles. The van der Waals surface area contributed by atoms with Crippen LogP contribution in [0.4, 0.5) is 0 Å². The van der Waals surface area contributed by atoms with Crippen molar-refractivity contribution in [3.63, 3.8) is 0 Å². The molecule has 0 aliphatic carbocycles. The molecule has 0 aliphatic heterocycles. The number of hydrogen-bond donors (Lipinski definition) is 0. The first kappa shape index (κ1) is 10.5. The Morgan fingerprint density at radius 1 is 1.18 bits per heavy atom. The van der Waals surface area contributed by atoms with Crippen LogP contribution >= 0.6 is 15.9 Å². The molecule has 0 fully saturated rings. The lowest BCUT2D eigenvalue weighted by molar-refractivity contribution is 0.885. The van der Waals surface area contributed by atoms with Gasteiger partial charge in [-0.25, -0.2) is 9.67 Å². The number of rotatable bonds is 1. The van der Waals surface area contributed by atoms with Gasteiger partial charge in [0.2, 0.25) is 0 Å². The van der Waals surface area contributed by atoms with E-state index < -0.39 is 0 Å². The number of halogens is 1. The summed E-state index contributed by atoms with van der Waals surface area (Å²) in [7, 11) is 0. The maximum atomic E-state index is 4.47. The standard InChI is InChI=1S/C13H10BrN3/c1-9-4-2-5-10(8-9)17-13-11(12(14)16-17)6-3-7-15-13/h2-8H,1H3. The molecule has 0 radical (unpaired) electrons. The summed E-state index contributed by atoms with van der Waals surface area (Å²) in [5.41, 5.74) is 3.10. The molecule has 84 valence electrons. The molecule has 1 aromatic carbocycles. The fourth-order valence-electron chi connectivity index (χ4n) is 1.86. The third kappa shape index (κ3) is 1.74. The molecule has 0 bridgehead atoms. The highest BCUT2D eigenvalue weighted by Gasteiger charge is 2.10. The summed E-state index contributed by atoms with van der Waals surface area (Å²) in [5.74, 6) is 0. The van der Waals surface area contributed by atoms with Crippen molar-refractivity contribution in [2.24, 2.45) is 0 Å². The Labute approximate surface area is 107 Å². The van der Waals surface area contributed by atoms with Crippen LogP contribution in [0.5, 0.6) is 0 Å². The van der Waals surface area contributed by atoms with Crippen LogP contribution in [-0.4, -0.2) is 14.8 Å². The Hall–Kier alpha value is -1.68. The van der Waals surface area contributed by atoms with E-state index >= 15 is 0 Å². The van der Waals surface area contributed by atoms with E-state index in [2.05, 4.69) is 45.1 Å².